The molecule has 0 bridgehead atoms. The maximum Gasteiger partial charge on any atom is 0.124 e. The molecule has 4 rings (SSSR count). The van der Waals surface area contributed by atoms with Crippen LogP contribution in [0.4, 0.5) is 5.69 Å². The minimum Gasteiger partial charge on any atom is -0.496 e. The van der Waals surface area contributed by atoms with Gasteiger partial charge in [0.2, 0.25) is 0 Å². The highest BCUT2D eigenvalue weighted by molar-refractivity contribution is 5.46. The topological polar surface area (TPSA) is 28.2 Å². The van der Waals surface area contributed by atoms with Crippen molar-refractivity contribution in [3.8, 4) is 5.75 Å². The van der Waals surface area contributed by atoms with Gasteiger partial charge in [-0.2, -0.15) is 0 Å². The third-order valence-electron chi connectivity index (χ3n) is 6.48. The van der Waals surface area contributed by atoms with Gasteiger partial charge in [-0.25, -0.2) is 0 Å². The summed E-state index contributed by atoms with van der Waals surface area (Å²) in [4.78, 5) is 7.86. The fraction of sp³-hybridized carbons (Fsp3) is 0.520. The Balaban J connectivity index is 1.32. The average molecular weight is 410 g/mol. The third kappa shape index (κ3) is 5.15. The van der Waals surface area contributed by atoms with Crippen LogP contribution in [-0.2, 0) is 17.9 Å². The summed E-state index contributed by atoms with van der Waals surface area (Å²) in [7, 11) is 3.46. The maximum absolute atomic E-state index is 5.48. The van der Waals surface area contributed by atoms with Gasteiger partial charge in [0.15, 0.2) is 0 Å². The van der Waals surface area contributed by atoms with Crippen LogP contribution in [0.15, 0.2) is 48.5 Å². The monoisotopic (exact) mass is 409 g/mol. The minimum absolute atomic E-state index is 0.589. The van der Waals surface area contributed by atoms with E-state index in [0.717, 1.165) is 50.6 Å². The second-order valence-electron chi connectivity index (χ2n) is 8.47. The number of likely N-dealkylation sites (tertiary alicyclic amines) is 1. The van der Waals surface area contributed by atoms with Gasteiger partial charge in [-0.1, -0.05) is 24.3 Å². The molecular weight excluding hydrogens is 374 g/mol. The molecule has 2 saturated heterocycles. The zero-order valence-electron chi connectivity index (χ0n) is 18.4. The Morgan fingerprint density at radius 1 is 0.933 bits per heavy atom. The minimum atomic E-state index is 0.589. The van der Waals surface area contributed by atoms with Crippen molar-refractivity contribution in [1.29, 1.82) is 0 Å². The average Bonchev–Trinajstić information content (AvgIpc) is 2.80. The van der Waals surface area contributed by atoms with Crippen LogP contribution >= 0.6 is 0 Å². The molecule has 1 unspecified atom stereocenters. The lowest BCUT2D eigenvalue weighted by Crippen LogP contribution is -2.55. The Morgan fingerprint density at radius 2 is 1.73 bits per heavy atom. The highest BCUT2D eigenvalue weighted by Crippen LogP contribution is 2.24. The molecule has 2 aliphatic rings. The van der Waals surface area contributed by atoms with Gasteiger partial charge in [-0.15, -0.1) is 0 Å². The standard InChI is InChI=1S/C25H35N3O2/c1-29-20-22-17-21(10-11-25(22)30-2)18-26-12-6-9-24(19-26)28-15-13-27(14-16-28)23-7-4-3-5-8-23/h3-5,7-8,10-11,17,24H,6,9,12-16,18-20H2,1-2H3. The number of anilines is 1. The van der Waals surface area contributed by atoms with Gasteiger partial charge >= 0.3 is 0 Å². The van der Waals surface area contributed by atoms with Crippen LogP contribution in [0.1, 0.15) is 24.0 Å². The SMILES string of the molecule is COCc1cc(CN2CCCC(N3CCN(c4ccccc4)CC3)C2)ccc1OC. The number of benzene rings is 2. The Kier molecular flexibility index (Phi) is 7.26. The van der Waals surface area contributed by atoms with E-state index in [1.807, 2.05) is 0 Å². The van der Waals surface area contributed by atoms with Crippen molar-refractivity contribution >= 4 is 5.69 Å². The molecule has 30 heavy (non-hydrogen) atoms. The highest BCUT2D eigenvalue weighted by atomic mass is 16.5. The molecule has 0 aliphatic carbocycles. The number of piperidine rings is 1. The lowest BCUT2D eigenvalue weighted by Gasteiger charge is -2.44. The van der Waals surface area contributed by atoms with Crippen LogP contribution in [0.3, 0.4) is 0 Å². The van der Waals surface area contributed by atoms with Gasteiger partial charge in [0, 0.05) is 63.7 Å². The molecule has 0 radical (unpaired) electrons. The summed E-state index contributed by atoms with van der Waals surface area (Å²) in [5.41, 5.74) is 3.83. The molecule has 2 fully saturated rings. The molecule has 5 heteroatoms. The van der Waals surface area contributed by atoms with Gasteiger partial charge in [0.25, 0.3) is 0 Å². The quantitative estimate of drug-likeness (QED) is 0.696. The number of hydrogen-bond acceptors (Lipinski definition) is 5. The first-order valence-electron chi connectivity index (χ1n) is 11.2. The molecule has 2 heterocycles. The number of piperazine rings is 1. The molecule has 2 aromatic carbocycles. The van der Waals surface area contributed by atoms with Crippen molar-refractivity contribution in [2.45, 2.75) is 32.0 Å². The van der Waals surface area contributed by atoms with Crippen molar-refractivity contribution in [3.63, 3.8) is 0 Å². The number of hydrogen-bond donors (Lipinski definition) is 0. The predicted octanol–water partition coefficient (Wildman–Crippen LogP) is 3.63. The van der Waals surface area contributed by atoms with Gasteiger partial charge in [-0.3, -0.25) is 9.80 Å². The Morgan fingerprint density at radius 3 is 2.47 bits per heavy atom. The van der Waals surface area contributed by atoms with E-state index in [9.17, 15) is 0 Å². The third-order valence-corrected chi connectivity index (χ3v) is 6.48. The first kappa shape index (κ1) is 21.2. The van der Waals surface area contributed by atoms with Crippen LogP contribution in [0.5, 0.6) is 5.75 Å². The first-order chi connectivity index (χ1) is 14.8. The number of ether oxygens (including phenoxy) is 2. The molecule has 0 amide bonds. The maximum atomic E-state index is 5.48. The van der Waals surface area contributed by atoms with Crippen LogP contribution in [0.25, 0.3) is 0 Å². The van der Waals surface area contributed by atoms with E-state index in [-0.39, 0.29) is 0 Å². The molecule has 0 spiro atoms. The summed E-state index contributed by atoms with van der Waals surface area (Å²) >= 11 is 0. The molecule has 162 valence electrons. The molecule has 1 atom stereocenters. The van der Waals surface area contributed by atoms with Crippen molar-refractivity contribution < 1.29 is 9.47 Å². The van der Waals surface area contributed by atoms with Crippen LogP contribution in [0.2, 0.25) is 0 Å². The molecule has 2 aliphatic heterocycles. The van der Waals surface area contributed by atoms with Crippen LogP contribution in [-0.4, -0.2) is 69.3 Å². The van der Waals surface area contributed by atoms with E-state index in [1.54, 1.807) is 14.2 Å². The number of nitrogens with zero attached hydrogens (tertiary/aromatic N) is 3. The van der Waals surface area contributed by atoms with Crippen molar-refractivity contribution in [1.82, 2.24) is 9.80 Å². The normalized spacial score (nSPS) is 21.0. The van der Waals surface area contributed by atoms with E-state index in [1.165, 1.54) is 30.6 Å². The highest BCUT2D eigenvalue weighted by Gasteiger charge is 2.28. The van der Waals surface area contributed by atoms with Crippen molar-refractivity contribution in [2.75, 3.05) is 58.4 Å². The van der Waals surface area contributed by atoms with E-state index in [0.29, 0.717) is 12.6 Å². The molecule has 5 nitrogen and oxygen atoms in total. The largest absolute Gasteiger partial charge is 0.496 e. The zero-order valence-corrected chi connectivity index (χ0v) is 18.4. The predicted molar refractivity (Wildman–Crippen MR) is 122 cm³/mol. The molecule has 2 aromatic rings. The van der Waals surface area contributed by atoms with Crippen molar-refractivity contribution in [2.24, 2.45) is 0 Å². The molecule has 0 aromatic heterocycles. The fourth-order valence-corrected chi connectivity index (χ4v) is 4.91. The van der Waals surface area contributed by atoms with Crippen LogP contribution in [0, 0.1) is 0 Å². The summed E-state index contributed by atoms with van der Waals surface area (Å²) in [6.07, 6.45) is 2.60. The molecule has 0 N–H and O–H groups in total. The summed E-state index contributed by atoms with van der Waals surface area (Å²) in [5.74, 6) is 0.911. The van der Waals surface area contributed by atoms with E-state index >= 15 is 0 Å². The zero-order chi connectivity index (χ0) is 20.8. The van der Waals surface area contributed by atoms with Crippen LogP contribution < -0.4 is 9.64 Å². The van der Waals surface area contributed by atoms with Gasteiger partial charge in [0.1, 0.15) is 5.75 Å². The van der Waals surface area contributed by atoms with Crippen molar-refractivity contribution in [3.05, 3.63) is 59.7 Å². The number of para-hydroxylation sites is 1. The van der Waals surface area contributed by atoms with Gasteiger partial charge in [0.05, 0.1) is 13.7 Å². The lowest BCUT2D eigenvalue weighted by atomic mass is 10.0. The van der Waals surface area contributed by atoms with Gasteiger partial charge in [-0.05, 0) is 49.2 Å². The Bertz CT molecular complexity index is 790. The van der Waals surface area contributed by atoms with E-state index < -0.39 is 0 Å². The lowest BCUT2D eigenvalue weighted by molar-refractivity contribution is 0.0887. The fourth-order valence-electron chi connectivity index (χ4n) is 4.91. The number of rotatable bonds is 7. The second kappa shape index (κ2) is 10.3. The molecule has 0 saturated carbocycles. The Labute approximate surface area is 181 Å². The summed E-state index contributed by atoms with van der Waals surface area (Å²) in [6.45, 7) is 8.51. The smallest absolute Gasteiger partial charge is 0.124 e. The summed E-state index contributed by atoms with van der Waals surface area (Å²) < 4.78 is 10.8. The van der Waals surface area contributed by atoms with E-state index in [2.05, 4.69) is 63.2 Å². The number of methoxy groups -OCH3 is 2. The molecular formula is C25H35N3O2. The van der Waals surface area contributed by atoms with Gasteiger partial charge < -0.3 is 14.4 Å². The Hall–Kier alpha value is -2.08. The first-order valence-corrected chi connectivity index (χ1v) is 11.2. The summed E-state index contributed by atoms with van der Waals surface area (Å²) in [6, 6.07) is 18.0. The summed E-state index contributed by atoms with van der Waals surface area (Å²) in [5, 5.41) is 0. The van der Waals surface area contributed by atoms with E-state index in [4.69, 9.17) is 9.47 Å². The second-order valence-corrected chi connectivity index (χ2v) is 8.47.